The van der Waals surface area contributed by atoms with E-state index < -0.39 is 18.6 Å². The van der Waals surface area contributed by atoms with Crippen molar-refractivity contribution in [1.29, 1.82) is 0 Å². The molecule has 4 atom stereocenters. The van der Waals surface area contributed by atoms with Crippen molar-refractivity contribution in [3.05, 3.63) is 0 Å². The first kappa shape index (κ1) is 14.6. The van der Waals surface area contributed by atoms with Crippen LogP contribution in [-0.4, -0.2) is 24.7 Å². The molecule has 20 heavy (non-hydrogen) atoms. The van der Waals surface area contributed by atoms with E-state index in [1.807, 2.05) is 0 Å². The van der Waals surface area contributed by atoms with Crippen molar-refractivity contribution in [3.63, 3.8) is 0 Å². The van der Waals surface area contributed by atoms with Crippen LogP contribution in [0.4, 0.5) is 13.2 Å². The quantitative estimate of drug-likeness (QED) is 0.749. The van der Waals surface area contributed by atoms with Gasteiger partial charge >= 0.3 is 6.18 Å². The Bertz CT molecular complexity index is 345. The fraction of sp³-hybridized carbons (Fsp3) is 1.00. The van der Waals surface area contributed by atoms with E-state index in [-0.39, 0.29) is 12.0 Å². The van der Waals surface area contributed by atoms with Gasteiger partial charge in [-0.05, 0) is 31.6 Å². The topological polar surface area (TPSA) is 18.5 Å². The lowest BCUT2D eigenvalue weighted by Gasteiger charge is -2.30. The van der Waals surface area contributed by atoms with Crippen molar-refractivity contribution in [3.8, 4) is 0 Å². The van der Waals surface area contributed by atoms with E-state index in [0.717, 1.165) is 32.1 Å². The van der Waals surface area contributed by atoms with Crippen LogP contribution in [0.25, 0.3) is 0 Å². The van der Waals surface area contributed by atoms with Crippen LogP contribution in [-0.2, 0) is 9.47 Å². The zero-order valence-corrected chi connectivity index (χ0v) is 11.8. The summed E-state index contributed by atoms with van der Waals surface area (Å²) in [6.45, 7) is -1.18. The van der Waals surface area contributed by atoms with Crippen molar-refractivity contribution < 1.29 is 22.6 Å². The third-order valence-electron chi connectivity index (χ3n) is 5.21. The zero-order chi connectivity index (χ0) is 14.2. The Morgan fingerprint density at radius 2 is 1.75 bits per heavy atom. The summed E-state index contributed by atoms with van der Waals surface area (Å²) in [7, 11) is 0. The van der Waals surface area contributed by atoms with E-state index in [4.69, 9.17) is 9.47 Å². The fourth-order valence-electron chi connectivity index (χ4n) is 4.42. The molecule has 0 aromatic heterocycles. The minimum Gasteiger partial charge on any atom is -0.346 e. The Morgan fingerprint density at radius 1 is 1.00 bits per heavy atom. The summed E-state index contributed by atoms with van der Waals surface area (Å²) in [6.07, 6.45) is 5.19. The largest absolute Gasteiger partial charge is 0.411 e. The predicted octanol–water partition coefficient (Wildman–Crippen LogP) is 4.43. The number of fused-ring (bicyclic) bond motifs is 3. The normalized spacial score (nSPS) is 41.9. The van der Waals surface area contributed by atoms with Gasteiger partial charge in [-0.1, -0.05) is 25.7 Å². The van der Waals surface area contributed by atoms with Crippen LogP contribution in [0, 0.1) is 11.8 Å². The van der Waals surface area contributed by atoms with Crippen molar-refractivity contribution in [2.45, 2.75) is 75.9 Å². The molecular weight excluding hydrogens is 269 g/mol. The number of alkyl halides is 3. The molecule has 2 aliphatic carbocycles. The van der Waals surface area contributed by atoms with Gasteiger partial charge in [0.15, 0.2) is 5.79 Å². The minimum atomic E-state index is -4.27. The Hall–Kier alpha value is -0.290. The van der Waals surface area contributed by atoms with Crippen molar-refractivity contribution >= 4 is 0 Å². The molecule has 1 heterocycles. The second-order valence-electron chi connectivity index (χ2n) is 6.53. The SMILES string of the molecule is FC(F)(F)CO[C@@]12CCC[C@@H]1[C@H]1CCCCCC[C@@H]1O2. The molecule has 3 fully saturated rings. The molecule has 0 amide bonds. The van der Waals surface area contributed by atoms with E-state index in [0.29, 0.717) is 12.3 Å². The van der Waals surface area contributed by atoms with Gasteiger partial charge in [0.05, 0.1) is 6.10 Å². The van der Waals surface area contributed by atoms with E-state index >= 15 is 0 Å². The standard InChI is InChI=1S/C15H23F3O2/c16-15(17,18)10-19-14-9-5-7-12(14)11-6-3-1-2-4-8-13(11)20-14/h11-13H,1-10H2/t11-,12-,13+,14-/m1/s1. The molecule has 2 saturated carbocycles. The van der Waals surface area contributed by atoms with Gasteiger partial charge < -0.3 is 9.47 Å². The lowest BCUT2D eigenvalue weighted by molar-refractivity contribution is -0.284. The van der Waals surface area contributed by atoms with Gasteiger partial charge in [0.25, 0.3) is 0 Å². The van der Waals surface area contributed by atoms with E-state index in [2.05, 4.69) is 0 Å². The van der Waals surface area contributed by atoms with E-state index in [1.165, 1.54) is 19.3 Å². The van der Waals surface area contributed by atoms with Gasteiger partial charge in [-0.3, -0.25) is 0 Å². The number of hydrogen-bond donors (Lipinski definition) is 0. The minimum absolute atomic E-state index is 0.119. The highest BCUT2D eigenvalue weighted by molar-refractivity contribution is 5.00. The third-order valence-corrected chi connectivity index (χ3v) is 5.21. The summed E-state index contributed by atoms with van der Waals surface area (Å²) in [5.74, 6) is -0.353. The Morgan fingerprint density at radius 3 is 2.50 bits per heavy atom. The number of rotatable bonds is 2. The predicted molar refractivity (Wildman–Crippen MR) is 68.1 cm³/mol. The summed E-state index contributed by atoms with van der Waals surface area (Å²) in [5.41, 5.74) is 0. The summed E-state index contributed by atoms with van der Waals surface area (Å²) in [6, 6.07) is 0. The molecule has 0 aromatic carbocycles. The van der Waals surface area contributed by atoms with Gasteiger partial charge in [-0.25, -0.2) is 0 Å². The Labute approximate surface area is 118 Å². The van der Waals surface area contributed by atoms with Gasteiger partial charge in [-0.2, -0.15) is 13.2 Å². The van der Waals surface area contributed by atoms with Crippen LogP contribution in [0.5, 0.6) is 0 Å². The van der Waals surface area contributed by atoms with Crippen LogP contribution in [0.3, 0.4) is 0 Å². The van der Waals surface area contributed by atoms with Crippen molar-refractivity contribution in [1.82, 2.24) is 0 Å². The highest BCUT2D eigenvalue weighted by Gasteiger charge is 2.58. The Kier molecular flexibility index (Phi) is 4.01. The molecule has 3 rings (SSSR count). The summed E-state index contributed by atoms with van der Waals surface area (Å²) in [4.78, 5) is 0. The molecular formula is C15H23F3O2. The smallest absolute Gasteiger partial charge is 0.346 e. The molecule has 0 N–H and O–H groups in total. The molecule has 116 valence electrons. The van der Waals surface area contributed by atoms with Gasteiger partial charge in [0.1, 0.15) is 6.61 Å². The molecule has 0 bridgehead atoms. The summed E-state index contributed by atoms with van der Waals surface area (Å²) < 4.78 is 48.8. The van der Waals surface area contributed by atoms with Crippen molar-refractivity contribution in [2.24, 2.45) is 11.8 Å². The molecule has 1 saturated heterocycles. The monoisotopic (exact) mass is 292 g/mol. The van der Waals surface area contributed by atoms with Gasteiger partial charge in [0, 0.05) is 12.3 Å². The van der Waals surface area contributed by atoms with Crippen LogP contribution < -0.4 is 0 Å². The highest BCUT2D eigenvalue weighted by atomic mass is 19.4. The molecule has 5 heteroatoms. The Balaban J connectivity index is 1.73. The van der Waals surface area contributed by atoms with Gasteiger partial charge in [-0.15, -0.1) is 0 Å². The molecule has 0 spiro atoms. The second kappa shape index (κ2) is 5.48. The lowest BCUT2D eigenvalue weighted by Crippen LogP contribution is -2.38. The molecule has 0 aromatic rings. The number of hydrogen-bond acceptors (Lipinski definition) is 2. The zero-order valence-electron chi connectivity index (χ0n) is 11.8. The van der Waals surface area contributed by atoms with Crippen molar-refractivity contribution in [2.75, 3.05) is 6.61 Å². The maximum atomic E-state index is 12.5. The number of ether oxygens (including phenoxy) is 2. The molecule has 0 unspecified atom stereocenters. The third kappa shape index (κ3) is 2.84. The molecule has 2 nitrogen and oxygen atoms in total. The summed E-state index contributed by atoms with van der Waals surface area (Å²) in [5, 5.41) is 0. The first-order valence-electron chi connectivity index (χ1n) is 7.89. The first-order valence-corrected chi connectivity index (χ1v) is 7.89. The van der Waals surface area contributed by atoms with Crippen LogP contribution in [0.2, 0.25) is 0 Å². The number of halogens is 3. The second-order valence-corrected chi connectivity index (χ2v) is 6.53. The van der Waals surface area contributed by atoms with Crippen LogP contribution in [0.15, 0.2) is 0 Å². The van der Waals surface area contributed by atoms with Crippen LogP contribution in [0.1, 0.15) is 57.8 Å². The fourth-order valence-corrected chi connectivity index (χ4v) is 4.42. The van der Waals surface area contributed by atoms with E-state index in [1.54, 1.807) is 0 Å². The average Bonchev–Trinajstić information content (AvgIpc) is 2.84. The van der Waals surface area contributed by atoms with E-state index in [9.17, 15) is 13.2 Å². The highest BCUT2D eigenvalue weighted by Crippen LogP contribution is 2.54. The van der Waals surface area contributed by atoms with Crippen LogP contribution >= 0.6 is 0 Å². The summed E-state index contributed by atoms with van der Waals surface area (Å²) >= 11 is 0. The maximum absolute atomic E-state index is 12.5. The average molecular weight is 292 g/mol. The maximum Gasteiger partial charge on any atom is 0.411 e. The molecule has 1 aliphatic heterocycles. The lowest BCUT2D eigenvalue weighted by atomic mass is 9.80. The molecule has 0 radical (unpaired) electrons. The van der Waals surface area contributed by atoms with Gasteiger partial charge in [0.2, 0.25) is 0 Å². The molecule has 3 aliphatic rings. The first-order chi connectivity index (χ1) is 9.50.